The van der Waals surface area contributed by atoms with Gasteiger partial charge in [-0.15, -0.1) is 0 Å². The Morgan fingerprint density at radius 3 is 2.36 bits per heavy atom. The van der Waals surface area contributed by atoms with Crippen LogP contribution in [0.2, 0.25) is 0 Å². The van der Waals surface area contributed by atoms with Crippen LogP contribution in [0.5, 0.6) is 0 Å². The van der Waals surface area contributed by atoms with Crippen LogP contribution in [0.3, 0.4) is 0 Å². The lowest BCUT2D eigenvalue weighted by Gasteiger charge is -2.42. The molecule has 0 bridgehead atoms. The molecule has 1 atom stereocenters. The molecule has 1 unspecified atom stereocenters. The summed E-state index contributed by atoms with van der Waals surface area (Å²) in [6.45, 7) is 6.33. The zero-order valence-corrected chi connectivity index (χ0v) is 9.42. The zero-order chi connectivity index (χ0) is 10.6. The van der Waals surface area contributed by atoms with Crippen molar-refractivity contribution >= 4 is 0 Å². The number of hydrogen-bond acceptors (Lipinski definition) is 3. The highest BCUT2D eigenvalue weighted by Gasteiger charge is 2.36. The molecule has 1 rings (SSSR count). The van der Waals surface area contributed by atoms with Crippen molar-refractivity contribution in [2.45, 2.75) is 38.6 Å². The second-order valence-electron chi connectivity index (χ2n) is 4.91. The predicted octanol–water partition coefficient (Wildman–Crippen LogP) is 0.722. The van der Waals surface area contributed by atoms with Gasteiger partial charge in [0.1, 0.15) is 0 Å². The van der Waals surface area contributed by atoms with Gasteiger partial charge >= 0.3 is 0 Å². The summed E-state index contributed by atoms with van der Waals surface area (Å²) in [5.41, 5.74) is 5.73. The minimum Gasteiger partial charge on any atom is -0.394 e. The highest BCUT2D eigenvalue weighted by Crippen LogP contribution is 2.31. The van der Waals surface area contributed by atoms with Crippen molar-refractivity contribution in [3.8, 4) is 0 Å². The highest BCUT2D eigenvalue weighted by molar-refractivity contribution is 4.95. The van der Waals surface area contributed by atoms with Crippen LogP contribution >= 0.6 is 0 Å². The number of rotatable bonds is 6. The van der Waals surface area contributed by atoms with Gasteiger partial charge in [-0.1, -0.05) is 13.8 Å². The average Bonchev–Trinajstić information content (AvgIpc) is 2.09. The number of aliphatic hydroxyl groups excluding tert-OH is 1. The Labute approximate surface area is 87.1 Å². The Morgan fingerprint density at radius 1 is 1.43 bits per heavy atom. The molecule has 3 nitrogen and oxygen atoms in total. The summed E-state index contributed by atoms with van der Waals surface area (Å²) in [7, 11) is 0. The Kier molecular flexibility index (Phi) is 4.35. The van der Waals surface area contributed by atoms with Crippen LogP contribution in [0.25, 0.3) is 0 Å². The van der Waals surface area contributed by atoms with Crippen molar-refractivity contribution in [2.24, 2.45) is 17.6 Å². The minimum absolute atomic E-state index is 0.0301. The predicted molar refractivity (Wildman–Crippen MR) is 59.1 cm³/mol. The average molecular weight is 200 g/mol. The molecular weight excluding hydrogens is 176 g/mol. The fourth-order valence-corrected chi connectivity index (χ4v) is 1.93. The van der Waals surface area contributed by atoms with Crippen molar-refractivity contribution in [3.05, 3.63) is 0 Å². The van der Waals surface area contributed by atoms with Crippen molar-refractivity contribution < 1.29 is 5.11 Å². The van der Waals surface area contributed by atoms with E-state index < -0.39 is 0 Å². The van der Waals surface area contributed by atoms with Crippen molar-refractivity contribution in [3.63, 3.8) is 0 Å². The highest BCUT2D eigenvalue weighted by atomic mass is 16.3. The van der Waals surface area contributed by atoms with Gasteiger partial charge in [0.25, 0.3) is 0 Å². The zero-order valence-electron chi connectivity index (χ0n) is 9.42. The Morgan fingerprint density at radius 2 is 2.07 bits per heavy atom. The van der Waals surface area contributed by atoms with Gasteiger partial charge in [0.2, 0.25) is 0 Å². The summed E-state index contributed by atoms with van der Waals surface area (Å²) in [5.74, 6) is 1.14. The first kappa shape index (κ1) is 12.0. The van der Waals surface area contributed by atoms with Crippen LogP contribution in [0, 0.1) is 11.8 Å². The van der Waals surface area contributed by atoms with Gasteiger partial charge in [-0.3, -0.25) is 0 Å². The third kappa shape index (κ3) is 2.69. The monoisotopic (exact) mass is 200 g/mol. The second-order valence-corrected chi connectivity index (χ2v) is 4.91. The van der Waals surface area contributed by atoms with Gasteiger partial charge < -0.3 is 16.2 Å². The van der Waals surface area contributed by atoms with Crippen LogP contribution in [0.15, 0.2) is 0 Å². The van der Waals surface area contributed by atoms with Crippen LogP contribution in [-0.2, 0) is 0 Å². The van der Waals surface area contributed by atoms with Crippen LogP contribution in [0.4, 0.5) is 0 Å². The Hall–Kier alpha value is -0.120. The SMILES string of the molecule is CC(C)C(CN)CNC1(CO)CCC1. The van der Waals surface area contributed by atoms with Crippen molar-refractivity contribution in [1.82, 2.24) is 5.32 Å². The van der Waals surface area contributed by atoms with Gasteiger partial charge in [0.05, 0.1) is 6.61 Å². The standard InChI is InChI=1S/C11H24N2O/c1-9(2)10(6-12)7-13-11(8-14)4-3-5-11/h9-10,13-14H,3-8,12H2,1-2H3. The molecule has 14 heavy (non-hydrogen) atoms. The first-order valence-corrected chi connectivity index (χ1v) is 5.69. The van der Waals surface area contributed by atoms with E-state index in [0.29, 0.717) is 11.8 Å². The van der Waals surface area contributed by atoms with E-state index in [0.717, 1.165) is 25.9 Å². The van der Waals surface area contributed by atoms with Crippen molar-refractivity contribution in [1.29, 1.82) is 0 Å². The van der Waals surface area contributed by atoms with Gasteiger partial charge in [0.15, 0.2) is 0 Å². The molecule has 1 aliphatic carbocycles. The molecule has 1 saturated carbocycles. The third-order valence-electron chi connectivity index (χ3n) is 3.60. The molecule has 0 aromatic rings. The van der Waals surface area contributed by atoms with Crippen LogP contribution in [-0.4, -0.2) is 30.3 Å². The largest absolute Gasteiger partial charge is 0.394 e. The molecule has 0 amide bonds. The van der Waals surface area contributed by atoms with Crippen LogP contribution < -0.4 is 11.1 Å². The molecule has 0 radical (unpaired) electrons. The molecule has 0 spiro atoms. The lowest BCUT2D eigenvalue weighted by Crippen LogP contribution is -2.55. The fraction of sp³-hybridized carbons (Fsp3) is 1.00. The summed E-state index contributed by atoms with van der Waals surface area (Å²) in [6, 6.07) is 0. The molecule has 0 saturated heterocycles. The molecule has 3 heteroatoms. The number of nitrogens with two attached hydrogens (primary N) is 1. The summed E-state index contributed by atoms with van der Waals surface area (Å²) in [6.07, 6.45) is 3.46. The molecule has 0 aromatic carbocycles. The molecular formula is C11H24N2O. The lowest BCUT2D eigenvalue weighted by molar-refractivity contribution is 0.0822. The number of hydrogen-bond donors (Lipinski definition) is 3. The topological polar surface area (TPSA) is 58.3 Å². The quantitative estimate of drug-likeness (QED) is 0.592. The fourth-order valence-electron chi connectivity index (χ4n) is 1.93. The Bertz CT molecular complexity index is 161. The first-order valence-electron chi connectivity index (χ1n) is 5.69. The number of aliphatic hydroxyl groups is 1. The smallest absolute Gasteiger partial charge is 0.0613 e. The van der Waals surface area contributed by atoms with E-state index in [9.17, 15) is 5.11 Å². The van der Waals surface area contributed by atoms with E-state index in [1.807, 2.05) is 0 Å². The molecule has 0 heterocycles. The normalized spacial score (nSPS) is 22.1. The molecule has 1 fully saturated rings. The van der Waals surface area contributed by atoms with E-state index in [-0.39, 0.29) is 12.1 Å². The second kappa shape index (κ2) is 5.10. The van der Waals surface area contributed by atoms with Gasteiger partial charge in [0, 0.05) is 12.1 Å². The maximum absolute atomic E-state index is 9.27. The Balaban J connectivity index is 2.30. The van der Waals surface area contributed by atoms with Gasteiger partial charge in [-0.05, 0) is 37.6 Å². The summed E-state index contributed by atoms with van der Waals surface area (Å²) >= 11 is 0. The van der Waals surface area contributed by atoms with E-state index >= 15 is 0 Å². The molecule has 4 N–H and O–H groups in total. The van der Waals surface area contributed by atoms with Gasteiger partial charge in [-0.25, -0.2) is 0 Å². The van der Waals surface area contributed by atoms with E-state index in [2.05, 4.69) is 19.2 Å². The first-order chi connectivity index (χ1) is 6.63. The molecule has 0 aliphatic heterocycles. The molecule has 0 aromatic heterocycles. The summed E-state index contributed by atoms with van der Waals surface area (Å²) < 4.78 is 0. The molecule has 1 aliphatic rings. The summed E-state index contributed by atoms with van der Waals surface area (Å²) in [4.78, 5) is 0. The van der Waals surface area contributed by atoms with E-state index in [4.69, 9.17) is 5.73 Å². The maximum Gasteiger partial charge on any atom is 0.0613 e. The lowest BCUT2D eigenvalue weighted by atomic mass is 9.77. The van der Waals surface area contributed by atoms with E-state index in [1.165, 1.54) is 6.42 Å². The van der Waals surface area contributed by atoms with E-state index in [1.54, 1.807) is 0 Å². The maximum atomic E-state index is 9.27. The number of nitrogens with one attached hydrogen (secondary N) is 1. The van der Waals surface area contributed by atoms with Gasteiger partial charge in [-0.2, -0.15) is 0 Å². The van der Waals surface area contributed by atoms with Crippen molar-refractivity contribution in [2.75, 3.05) is 19.7 Å². The third-order valence-corrected chi connectivity index (χ3v) is 3.60. The molecule has 84 valence electrons. The summed E-state index contributed by atoms with van der Waals surface area (Å²) in [5, 5.41) is 12.8. The van der Waals surface area contributed by atoms with Crippen LogP contribution in [0.1, 0.15) is 33.1 Å². The minimum atomic E-state index is 0.0301.